The van der Waals surface area contributed by atoms with E-state index in [0.29, 0.717) is 0 Å². The Balaban J connectivity index is 2.06. The number of hydrogen-bond acceptors (Lipinski definition) is 2. The van der Waals surface area contributed by atoms with Gasteiger partial charge in [-0.05, 0) is 55.7 Å². The molecule has 3 rings (SSSR count). The Bertz CT molecular complexity index is 908. The van der Waals surface area contributed by atoms with Gasteiger partial charge in [-0.15, -0.1) is 0 Å². The number of methoxy groups -OCH3 is 1. The highest BCUT2D eigenvalue weighted by molar-refractivity contribution is 6.01. The van der Waals surface area contributed by atoms with Gasteiger partial charge in [-0.3, -0.25) is 4.99 Å². The number of hydrogen-bond donors (Lipinski definition) is 0. The predicted octanol–water partition coefficient (Wildman–Crippen LogP) is 6.12. The molecule has 3 aromatic carbocycles. The van der Waals surface area contributed by atoms with Gasteiger partial charge >= 0.3 is 0 Å². The Labute approximate surface area is 149 Å². The molecule has 0 bridgehead atoms. The summed E-state index contributed by atoms with van der Waals surface area (Å²) < 4.78 is 5.26. The first-order valence-corrected chi connectivity index (χ1v) is 8.44. The van der Waals surface area contributed by atoms with Gasteiger partial charge in [-0.25, -0.2) is 0 Å². The van der Waals surface area contributed by atoms with Gasteiger partial charge in [0.15, 0.2) is 0 Å². The van der Waals surface area contributed by atoms with Gasteiger partial charge < -0.3 is 4.74 Å². The summed E-state index contributed by atoms with van der Waals surface area (Å²) >= 11 is 0. The van der Waals surface area contributed by atoms with Crippen molar-refractivity contribution in [3.8, 4) is 16.9 Å². The minimum absolute atomic E-state index is 0.858. The Morgan fingerprint density at radius 1 is 0.840 bits per heavy atom. The van der Waals surface area contributed by atoms with E-state index in [1.807, 2.05) is 12.1 Å². The summed E-state index contributed by atoms with van der Waals surface area (Å²) in [6.07, 6.45) is 0. The Kier molecular flexibility index (Phi) is 4.99. The van der Waals surface area contributed by atoms with Crippen LogP contribution in [0.4, 0.5) is 5.69 Å². The summed E-state index contributed by atoms with van der Waals surface area (Å²) in [6.45, 7) is 6.26. The maximum atomic E-state index is 5.26. The molecule has 0 unspecified atom stereocenters. The van der Waals surface area contributed by atoms with Gasteiger partial charge in [0.25, 0.3) is 0 Å². The van der Waals surface area contributed by atoms with E-state index in [4.69, 9.17) is 9.73 Å². The largest absolute Gasteiger partial charge is 0.497 e. The fourth-order valence-electron chi connectivity index (χ4n) is 2.86. The second-order valence-corrected chi connectivity index (χ2v) is 6.32. The fourth-order valence-corrected chi connectivity index (χ4v) is 2.86. The molecule has 0 radical (unpaired) electrons. The van der Waals surface area contributed by atoms with Crippen molar-refractivity contribution in [2.45, 2.75) is 20.8 Å². The lowest BCUT2D eigenvalue weighted by atomic mass is 10.0. The Morgan fingerprint density at radius 3 is 2.24 bits per heavy atom. The van der Waals surface area contributed by atoms with Crippen molar-refractivity contribution in [2.24, 2.45) is 4.99 Å². The van der Waals surface area contributed by atoms with Gasteiger partial charge in [-0.2, -0.15) is 0 Å². The number of aryl methyl sites for hydroxylation is 2. The van der Waals surface area contributed by atoms with E-state index in [0.717, 1.165) is 33.8 Å². The van der Waals surface area contributed by atoms with Crippen LogP contribution in [0.5, 0.6) is 5.75 Å². The van der Waals surface area contributed by atoms with Crippen molar-refractivity contribution in [2.75, 3.05) is 7.11 Å². The van der Waals surface area contributed by atoms with E-state index in [1.54, 1.807) is 7.11 Å². The monoisotopic (exact) mass is 329 g/mol. The summed E-state index contributed by atoms with van der Waals surface area (Å²) in [7, 11) is 1.68. The SMILES string of the molecule is COc1ccc(-c2ccc(C)cc2N=C(C)c2cccc(C)c2)cc1. The highest BCUT2D eigenvalue weighted by Gasteiger charge is 2.07. The van der Waals surface area contributed by atoms with E-state index in [2.05, 4.69) is 75.4 Å². The zero-order chi connectivity index (χ0) is 17.8. The zero-order valence-corrected chi connectivity index (χ0v) is 15.2. The first-order chi connectivity index (χ1) is 12.1. The lowest BCUT2D eigenvalue weighted by molar-refractivity contribution is 0.415. The summed E-state index contributed by atoms with van der Waals surface area (Å²) in [5, 5.41) is 0. The molecule has 0 N–H and O–H groups in total. The maximum absolute atomic E-state index is 5.26. The molecule has 2 nitrogen and oxygen atoms in total. The average Bonchev–Trinajstić information content (AvgIpc) is 2.62. The average molecular weight is 329 g/mol. The van der Waals surface area contributed by atoms with E-state index in [-0.39, 0.29) is 0 Å². The minimum atomic E-state index is 0.858. The minimum Gasteiger partial charge on any atom is -0.497 e. The molecule has 0 aliphatic rings. The molecule has 0 fully saturated rings. The van der Waals surface area contributed by atoms with Crippen LogP contribution in [-0.4, -0.2) is 12.8 Å². The topological polar surface area (TPSA) is 21.6 Å². The van der Waals surface area contributed by atoms with Crippen LogP contribution in [-0.2, 0) is 0 Å². The van der Waals surface area contributed by atoms with E-state index < -0.39 is 0 Å². The molecule has 0 aliphatic carbocycles. The molecule has 25 heavy (non-hydrogen) atoms. The molecule has 0 aliphatic heterocycles. The molecule has 0 heterocycles. The third kappa shape index (κ3) is 3.97. The molecule has 0 saturated heterocycles. The zero-order valence-electron chi connectivity index (χ0n) is 15.2. The molecule has 3 aromatic rings. The van der Waals surface area contributed by atoms with E-state index >= 15 is 0 Å². The van der Waals surface area contributed by atoms with Crippen molar-refractivity contribution >= 4 is 11.4 Å². The highest BCUT2D eigenvalue weighted by atomic mass is 16.5. The summed E-state index contributed by atoms with van der Waals surface area (Å²) in [6, 6.07) is 23.0. The van der Waals surface area contributed by atoms with Crippen LogP contribution in [0.2, 0.25) is 0 Å². The molecule has 0 atom stereocenters. The molecule has 0 spiro atoms. The molecule has 2 heteroatoms. The first-order valence-electron chi connectivity index (χ1n) is 8.44. The van der Waals surface area contributed by atoms with Gasteiger partial charge in [0, 0.05) is 11.3 Å². The summed E-state index contributed by atoms with van der Waals surface area (Å²) in [5.74, 6) is 0.858. The van der Waals surface area contributed by atoms with Crippen LogP contribution in [0.3, 0.4) is 0 Å². The van der Waals surface area contributed by atoms with Crippen LogP contribution in [0.1, 0.15) is 23.6 Å². The van der Waals surface area contributed by atoms with E-state index in [9.17, 15) is 0 Å². The lowest BCUT2D eigenvalue weighted by Gasteiger charge is -2.10. The van der Waals surface area contributed by atoms with Crippen LogP contribution < -0.4 is 4.74 Å². The quantitative estimate of drug-likeness (QED) is 0.528. The maximum Gasteiger partial charge on any atom is 0.118 e. The van der Waals surface area contributed by atoms with Crippen molar-refractivity contribution in [1.82, 2.24) is 0 Å². The van der Waals surface area contributed by atoms with Crippen molar-refractivity contribution in [1.29, 1.82) is 0 Å². The van der Waals surface area contributed by atoms with Crippen LogP contribution in [0.15, 0.2) is 71.7 Å². The number of nitrogens with zero attached hydrogens (tertiary/aromatic N) is 1. The van der Waals surface area contributed by atoms with Crippen molar-refractivity contribution < 1.29 is 4.74 Å². The third-order valence-corrected chi connectivity index (χ3v) is 4.28. The van der Waals surface area contributed by atoms with E-state index in [1.165, 1.54) is 11.1 Å². The second kappa shape index (κ2) is 7.35. The highest BCUT2D eigenvalue weighted by Crippen LogP contribution is 2.32. The molecular formula is C23H23NO. The van der Waals surface area contributed by atoms with Crippen molar-refractivity contribution in [3.63, 3.8) is 0 Å². The van der Waals surface area contributed by atoms with Gasteiger partial charge in [-0.1, -0.05) is 54.1 Å². The summed E-state index contributed by atoms with van der Waals surface area (Å²) in [4.78, 5) is 4.94. The fraction of sp³-hybridized carbons (Fsp3) is 0.174. The van der Waals surface area contributed by atoms with Crippen LogP contribution in [0, 0.1) is 13.8 Å². The second-order valence-electron chi connectivity index (χ2n) is 6.32. The number of aliphatic imine (C=N–C) groups is 1. The molecule has 126 valence electrons. The number of ether oxygens (including phenoxy) is 1. The third-order valence-electron chi connectivity index (χ3n) is 4.28. The first kappa shape index (κ1) is 17.0. The van der Waals surface area contributed by atoms with Crippen LogP contribution in [0.25, 0.3) is 11.1 Å². The molecular weight excluding hydrogens is 306 g/mol. The summed E-state index contributed by atoms with van der Waals surface area (Å²) in [5.41, 5.74) is 7.87. The normalized spacial score (nSPS) is 11.4. The Morgan fingerprint density at radius 2 is 1.56 bits per heavy atom. The number of rotatable bonds is 4. The van der Waals surface area contributed by atoms with Crippen LogP contribution >= 0.6 is 0 Å². The lowest BCUT2D eigenvalue weighted by Crippen LogP contribution is -1.95. The molecule has 0 amide bonds. The van der Waals surface area contributed by atoms with Gasteiger partial charge in [0.2, 0.25) is 0 Å². The molecule has 0 saturated carbocycles. The Hall–Kier alpha value is -2.87. The van der Waals surface area contributed by atoms with Gasteiger partial charge in [0.1, 0.15) is 5.75 Å². The van der Waals surface area contributed by atoms with Gasteiger partial charge in [0.05, 0.1) is 12.8 Å². The van der Waals surface area contributed by atoms with Crippen molar-refractivity contribution in [3.05, 3.63) is 83.4 Å². The smallest absolute Gasteiger partial charge is 0.118 e. The number of benzene rings is 3. The predicted molar refractivity (Wildman–Crippen MR) is 106 cm³/mol. The molecule has 0 aromatic heterocycles. The standard InChI is InChI=1S/C23H23NO/c1-16-6-5-7-20(14-16)18(3)24-23-15-17(2)8-13-22(23)19-9-11-21(25-4)12-10-19/h5-15H,1-4H3.